The van der Waals surface area contributed by atoms with Gasteiger partial charge in [-0.25, -0.2) is 4.68 Å². The Balaban J connectivity index is 1.73. The largest absolute Gasteiger partial charge is 0.497 e. The summed E-state index contributed by atoms with van der Waals surface area (Å²) in [5.74, 6) is 0.425. The number of rotatable bonds is 6. The van der Waals surface area contributed by atoms with E-state index in [1.54, 1.807) is 13.2 Å². The molecule has 0 aliphatic rings. The maximum atomic E-state index is 12.2. The number of ether oxygens (including phenoxy) is 1. The monoisotopic (exact) mass is 349 g/mol. The molecule has 0 aliphatic heterocycles. The highest BCUT2D eigenvalue weighted by atomic mass is 16.5. The van der Waals surface area contributed by atoms with Gasteiger partial charge in [-0.15, -0.1) is 0 Å². The standard InChI is InChI=1S/C20H19N3O3/c1-26-17-9-5-8-16(12-17)18-10-11-20(25)23(22-18)14-19(24)21-13-15-6-3-2-4-7-15/h2-12H,13-14H2,1H3,(H,21,24). The Morgan fingerprint density at radius 3 is 2.65 bits per heavy atom. The number of nitrogens with zero attached hydrogens (tertiary/aromatic N) is 2. The highest BCUT2D eigenvalue weighted by molar-refractivity contribution is 5.75. The number of methoxy groups -OCH3 is 1. The van der Waals surface area contributed by atoms with Crippen molar-refractivity contribution in [3.63, 3.8) is 0 Å². The Hall–Kier alpha value is -3.41. The van der Waals surface area contributed by atoms with Crippen LogP contribution in [0.25, 0.3) is 11.3 Å². The zero-order valence-corrected chi connectivity index (χ0v) is 14.4. The molecule has 0 aliphatic carbocycles. The highest BCUT2D eigenvalue weighted by Gasteiger charge is 2.08. The van der Waals surface area contributed by atoms with E-state index in [-0.39, 0.29) is 18.0 Å². The van der Waals surface area contributed by atoms with Crippen LogP contribution in [-0.4, -0.2) is 22.8 Å². The number of benzene rings is 2. The second kappa shape index (κ2) is 8.11. The Bertz CT molecular complexity index is 952. The van der Waals surface area contributed by atoms with Gasteiger partial charge in [-0.1, -0.05) is 42.5 Å². The van der Waals surface area contributed by atoms with Crippen LogP contribution in [0.1, 0.15) is 5.56 Å². The van der Waals surface area contributed by atoms with Crippen molar-refractivity contribution in [1.82, 2.24) is 15.1 Å². The van der Waals surface area contributed by atoms with E-state index in [2.05, 4.69) is 10.4 Å². The third-order valence-corrected chi connectivity index (χ3v) is 3.86. The van der Waals surface area contributed by atoms with E-state index in [0.29, 0.717) is 18.0 Å². The minimum atomic E-state index is -0.327. The van der Waals surface area contributed by atoms with Gasteiger partial charge < -0.3 is 10.1 Å². The first-order valence-electron chi connectivity index (χ1n) is 8.19. The SMILES string of the molecule is COc1cccc(-c2ccc(=O)n(CC(=O)NCc3ccccc3)n2)c1. The van der Waals surface area contributed by atoms with Crippen molar-refractivity contribution in [2.45, 2.75) is 13.1 Å². The summed E-state index contributed by atoms with van der Waals surface area (Å²) in [6.07, 6.45) is 0. The van der Waals surface area contributed by atoms with Crippen molar-refractivity contribution in [2.75, 3.05) is 7.11 Å². The van der Waals surface area contributed by atoms with Gasteiger partial charge in [0.2, 0.25) is 5.91 Å². The lowest BCUT2D eigenvalue weighted by Gasteiger charge is -2.09. The Kier molecular flexibility index (Phi) is 5.43. The minimum absolute atomic E-state index is 0.135. The number of aromatic nitrogens is 2. The van der Waals surface area contributed by atoms with Crippen LogP contribution in [0.2, 0.25) is 0 Å². The first-order valence-corrected chi connectivity index (χ1v) is 8.19. The zero-order chi connectivity index (χ0) is 18.4. The highest BCUT2D eigenvalue weighted by Crippen LogP contribution is 2.21. The number of carbonyl (C=O) groups excluding carboxylic acids is 1. The molecule has 6 heteroatoms. The topological polar surface area (TPSA) is 73.2 Å². The van der Waals surface area contributed by atoms with Gasteiger partial charge in [0.05, 0.1) is 12.8 Å². The van der Waals surface area contributed by atoms with Crippen LogP contribution < -0.4 is 15.6 Å². The lowest BCUT2D eigenvalue weighted by molar-refractivity contribution is -0.122. The van der Waals surface area contributed by atoms with E-state index < -0.39 is 0 Å². The van der Waals surface area contributed by atoms with Gasteiger partial charge in [0.15, 0.2) is 0 Å². The van der Waals surface area contributed by atoms with Crippen LogP contribution in [0, 0.1) is 0 Å². The molecule has 2 aromatic carbocycles. The second-order valence-corrected chi connectivity index (χ2v) is 5.71. The van der Waals surface area contributed by atoms with Gasteiger partial charge in [0, 0.05) is 18.2 Å². The lowest BCUT2D eigenvalue weighted by atomic mass is 10.1. The van der Waals surface area contributed by atoms with Gasteiger partial charge in [-0.2, -0.15) is 5.10 Å². The molecule has 0 atom stereocenters. The van der Waals surface area contributed by atoms with Gasteiger partial charge in [-0.3, -0.25) is 9.59 Å². The zero-order valence-electron chi connectivity index (χ0n) is 14.4. The number of hydrogen-bond donors (Lipinski definition) is 1. The molecule has 0 saturated carbocycles. The normalized spacial score (nSPS) is 10.3. The van der Waals surface area contributed by atoms with Crippen LogP contribution in [-0.2, 0) is 17.9 Å². The summed E-state index contributed by atoms with van der Waals surface area (Å²) in [6.45, 7) is 0.271. The molecule has 1 N–H and O–H groups in total. The summed E-state index contributed by atoms with van der Waals surface area (Å²) in [7, 11) is 1.59. The minimum Gasteiger partial charge on any atom is -0.497 e. The van der Waals surface area contributed by atoms with Crippen LogP contribution in [0.3, 0.4) is 0 Å². The third kappa shape index (κ3) is 4.36. The maximum absolute atomic E-state index is 12.2. The van der Waals surface area contributed by atoms with Crippen LogP contribution in [0.4, 0.5) is 0 Å². The van der Waals surface area contributed by atoms with E-state index in [9.17, 15) is 9.59 Å². The smallest absolute Gasteiger partial charge is 0.267 e. The first-order chi connectivity index (χ1) is 12.7. The molecule has 1 aromatic heterocycles. The molecule has 132 valence electrons. The van der Waals surface area contributed by atoms with Gasteiger partial charge in [-0.05, 0) is 23.8 Å². The number of hydrogen-bond acceptors (Lipinski definition) is 4. The summed E-state index contributed by atoms with van der Waals surface area (Å²) in [4.78, 5) is 24.2. The average Bonchev–Trinajstić information content (AvgIpc) is 2.69. The summed E-state index contributed by atoms with van der Waals surface area (Å²) in [6, 6.07) is 20.0. The molecular formula is C20H19N3O3. The molecule has 0 fully saturated rings. The van der Waals surface area contributed by atoms with E-state index in [1.807, 2.05) is 54.6 Å². The van der Waals surface area contributed by atoms with E-state index in [1.165, 1.54) is 6.07 Å². The summed E-state index contributed by atoms with van der Waals surface area (Å²) in [5.41, 5.74) is 2.07. The molecule has 6 nitrogen and oxygen atoms in total. The predicted octanol–water partition coefficient (Wildman–Crippen LogP) is 2.24. The molecule has 0 bridgehead atoms. The van der Waals surface area contributed by atoms with Crippen molar-refractivity contribution in [3.8, 4) is 17.0 Å². The van der Waals surface area contributed by atoms with Crippen molar-refractivity contribution in [2.24, 2.45) is 0 Å². The van der Waals surface area contributed by atoms with Gasteiger partial charge in [0.1, 0.15) is 12.3 Å². The van der Waals surface area contributed by atoms with Crippen molar-refractivity contribution in [3.05, 3.63) is 82.6 Å². The molecule has 0 spiro atoms. The van der Waals surface area contributed by atoms with Gasteiger partial charge >= 0.3 is 0 Å². The molecule has 3 rings (SSSR count). The van der Waals surface area contributed by atoms with E-state index >= 15 is 0 Å². The predicted molar refractivity (Wildman–Crippen MR) is 98.8 cm³/mol. The van der Waals surface area contributed by atoms with Crippen LogP contribution in [0.15, 0.2) is 71.5 Å². The molecule has 0 unspecified atom stereocenters. The Morgan fingerprint density at radius 1 is 1.08 bits per heavy atom. The molecular weight excluding hydrogens is 330 g/mol. The molecule has 0 saturated heterocycles. The molecule has 0 radical (unpaired) electrons. The van der Waals surface area contributed by atoms with Gasteiger partial charge in [0.25, 0.3) is 5.56 Å². The summed E-state index contributed by atoms with van der Waals surface area (Å²) in [5, 5.41) is 7.09. The Labute approximate surface area is 151 Å². The third-order valence-electron chi connectivity index (χ3n) is 3.86. The number of nitrogens with one attached hydrogen (secondary N) is 1. The fourth-order valence-electron chi connectivity index (χ4n) is 2.49. The summed E-state index contributed by atoms with van der Waals surface area (Å²) >= 11 is 0. The van der Waals surface area contributed by atoms with Crippen molar-refractivity contribution < 1.29 is 9.53 Å². The van der Waals surface area contributed by atoms with E-state index in [4.69, 9.17) is 4.74 Å². The summed E-state index contributed by atoms with van der Waals surface area (Å²) < 4.78 is 6.37. The maximum Gasteiger partial charge on any atom is 0.267 e. The second-order valence-electron chi connectivity index (χ2n) is 5.71. The lowest BCUT2D eigenvalue weighted by Crippen LogP contribution is -2.33. The van der Waals surface area contributed by atoms with Crippen molar-refractivity contribution in [1.29, 1.82) is 0 Å². The Morgan fingerprint density at radius 2 is 1.88 bits per heavy atom. The molecule has 3 aromatic rings. The fourth-order valence-corrected chi connectivity index (χ4v) is 2.49. The van der Waals surface area contributed by atoms with E-state index in [0.717, 1.165) is 15.8 Å². The van der Waals surface area contributed by atoms with Crippen LogP contribution >= 0.6 is 0 Å². The molecule has 1 amide bonds. The fraction of sp³-hybridized carbons (Fsp3) is 0.150. The van der Waals surface area contributed by atoms with Crippen molar-refractivity contribution >= 4 is 5.91 Å². The first kappa shape index (κ1) is 17.4. The molecule has 26 heavy (non-hydrogen) atoms. The van der Waals surface area contributed by atoms with Crippen LogP contribution in [0.5, 0.6) is 5.75 Å². The molecule has 1 heterocycles. The average molecular weight is 349 g/mol. The quantitative estimate of drug-likeness (QED) is 0.741. The number of carbonyl (C=O) groups is 1. The number of amides is 1.